The van der Waals surface area contributed by atoms with Crippen molar-refractivity contribution in [1.29, 1.82) is 0 Å². The van der Waals surface area contributed by atoms with Gasteiger partial charge < -0.3 is 0 Å². The molecule has 488 valence electrons. The molecule has 0 N–H and O–H groups in total. The first-order valence-electron chi connectivity index (χ1n) is 34.0. The number of hydrogen-bond acceptors (Lipinski definition) is 8. The van der Waals surface area contributed by atoms with Gasteiger partial charge in [-0.2, -0.15) is 0 Å². The Morgan fingerprint density at radius 1 is 0.154 bits per heavy atom. The highest BCUT2D eigenvalue weighted by Gasteiger charge is 2.39. The molecule has 0 spiro atoms. The first kappa shape index (κ1) is 60.8. The van der Waals surface area contributed by atoms with Gasteiger partial charge in [-0.1, -0.05) is 218 Å². The van der Waals surface area contributed by atoms with Gasteiger partial charge in [0.25, 0.3) is 47.3 Å². The minimum atomic E-state index is -0.434. The maximum absolute atomic E-state index is 13.9. The zero-order valence-electron chi connectivity index (χ0n) is 55.1. The van der Waals surface area contributed by atoms with Crippen LogP contribution in [0, 0.1) is 0 Å². The molecule has 0 saturated carbocycles. The van der Waals surface area contributed by atoms with Gasteiger partial charge in [0.05, 0.1) is 22.7 Å². The van der Waals surface area contributed by atoms with Crippen LogP contribution in [-0.2, 0) is 0 Å². The van der Waals surface area contributed by atoms with Crippen LogP contribution in [0.4, 0.5) is 22.7 Å². The summed E-state index contributed by atoms with van der Waals surface area (Å²) >= 11 is 0. The molecule has 0 unspecified atom stereocenters. The number of rotatable bonds is 8. The lowest BCUT2D eigenvalue weighted by atomic mass is 9.86. The van der Waals surface area contributed by atoms with Gasteiger partial charge in [0.1, 0.15) is 0 Å². The van der Waals surface area contributed by atoms with Crippen molar-refractivity contribution < 1.29 is 38.4 Å². The quantitative estimate of drug-likeness (QED) is 0.108. The zero-order chi connectivity index (χ0) is 70.2. The van der Waals surface area contributed by atoms with Crippen LogP contribution in [0.2, 0.25) is 0 Å². The molecule has 20 rings (SSSR count). The van der Waals surface area contributed by atoms with Crippen molar-refractivity contribution >= 4 is 135 Å². The molecule has 0 aromatic heterocycles. The maximum Gasteiger partial charge on any atom is 0.265 e. The van der Waals surface area contributed by atoms with Gasteiger partial charge in [0, 0.05) is 66.1 Å². The number of fused-ring (bicyclic) bond motifs is 2. The van der Waals surface area contributed by atoms with E-state index < -0.39 is 23.6 Å². The second-order valence-electron chi connectivity index (χ2n) is 26.2. The average Bonchev–Trinajstić information content (AvgIpc) is 0.734. The highest BCUT2D eigenvalue weighted by molar-refractivity contribution is 6.40. The minimum absolute atomic E-state index is 0.338. The Kier molecular flexibility index (Phi) is 13.8. The second-order valence-corrected chi connectivity index (χ2v) is 26.2. The van der Waals surface area contributed by atoms with Gasteiger partial charge >= 0.3 is 0 Å². The maximum atomic E-state index is 13.9. The molecule has 0 atom stereocenters. The van der Waals surface area contributed by atoms with Gasteiger partial charge in [-0.05, 0) is 185 Å². The number of nitrogens with zero attached hydrogens (tertiary/aromatic N) is 4. The van der Waals surface area contributed by atoms with Crippen LogP contribution in [0.5, 0.6) is 0 Å². The van der Waals surface area contributed by atoms with E-state index in [-0.39, 0.29) is 23.6 Å². The molecular formula is C92H52N4O8. The van der Waals surface area contributed by atoms with E-state index in [0.717, 1.165) is 97.4 Å². The van der Waals surface area contributed by atoms with E-state index in [9.17, 15) is 38.4 Å². The van der Waals surface area contributed by atoms with E-state index >= 15 is 0 Å². The Hall–Kier alpha value is -14.4. The Morgan fingerprint density at radius 2 is 0.375 bits per heavy atom. The average molecular weight is 1340 g/mol. The highest BCUT2D eigenvalue weighted by atomic mass is 16.2. The van der Waals surface area contributed by atoms with Crippen LogP contribution >= 0.6 is 0 Å². The Balaban J connectivity index is 0.000000145. The molecule has 12 heteroatoms. The summed E-state index contributed by atoms with van der Waals surface area (Å²) in [5, 5.41) is 10.2. The third-order valence-electron chi connectivity index (χ3n) is 20.7. The molecule has 0 saturated heterocycles. The lowest BCUT2D eigenvalue weighted by molar-refractivity contribution is 0.0876. The van der Waals surface area contributed by atoms with Crippen LogP contribution in [-0.4, -0.2) is 47.3 Å². The van der Waals surface area contributed by atoms with E-state index in [0.29, 0.717) is 88.8 Å². The predicted octanol–water partition coefficient (Wildman–Crippen LogP) is 20.2. The number of anilines is 4. The first-order chi connectivity index (χ1) is 51.0. The standard InChI is InChI=1S/C50H28N2O4.C42H24N2O4/c53-47-39-17-5-9-29-10-6-18-40(45(29)39)48(54)51(47)33-25-21-31(22-26-33)43-35-13-1-2-14-36(35)44(38-16-4-3-15-37(38)43)32-23-27-34(28-24-32)52-49(55)41-19-7-11-30-12-8-20-42(46(30)41)50(52)56;45-39-33-15-7-13-31-29(25-9-3-1-4-10-25)21-23-35(37(31)33)41(47)43(39)27-17-19-28(20-18-27)44-40(46)34-16-8-14-32-30(26-11-5-2-6-12-26)22-24-36(38(32)34)42(44)48/h1-28H;1-24H. The first-order valence-corrected chi connectivity index (χ1v) is 34.0. The molecule has 0 bridgehead atoms. The summed E-state index contributed by atoms with van der Waals surface area (Å²) in [6, 6.07) is 98.5. The Morgan fingerprint density at radius 3 is 0.663 bits per heavy atom. The van der Waals surface area contributed by atoms with Crippen LogP contribution in [0.3, 0.4) is 0 Å². The summed E-state index contributed by atoms with van der Waals surface area (Å²) in [5.41, 5.74) is 13.3. The molecule has 0 aliphatic carbocycles. The van der Waals surface area contributed by atoms with Crippen molar-refractivity contribution in [3.63, 3.8) is 0 Å². The number of benzene rings is 16. The van der Waals surface area contributed by atoms with Crippen molar-refractivity contribution in [2.45, 2.75) is 0 Å². The summed E-state index contributed by atoms with van der Waals surface area (Å²) in [4.78, 5) is 116. The van der Waals surface area contributed by atoms with Gasteiger partial charge in [0.15, 0.2) is 0 Å². The number of amides is 8. The monoisotopic (exact) mass is 1340 g/mol. The lowest BCUT2D eigenvalue weighted by Gasteiger charge is -2.30. The second kappa shape index (κ2) is 23.7. The SMILES string of the molecule is O=C1c2cccc3c(-c4ccccc4)ccc(c23)C(=O)N1c1ccc(N2C(=O)c3cccc4c(-c5ccccc5)ccc(c34)C2=O)cc1.O=C1c2cccc3cccc(c23)C(=O)N1c1ccc(-c2c3ccccc3c(-c3ccc(N4C(=O)c5cccc6cccc(c56)C4=O)cc3)c3ccccc23)cc1. The molecule has 16 aromatic rings. The van der Waals surface area contributed by atoms with E-state index in [2.05, 4.69) is 24.3 Å². The summed E-state index contributed by atoms with van der Waals surface area (Å²) in [5.74, 6) is -3.09. The fraction of sp³-hybridized carbons (Fsp3) is 0. The number of hydrogen-bond donors (Lipinski definition) is 0. The van der Waals surface area contributed by atoms with Crippen molar-refractivity contribution in [1.82, 2.24) is 0 Å². The van der Waals surface area contributed by atoms with Gasteiger partial charge in [0.2, 0.25) is 0 Å². The molecule has 104 heavy (non-hydrogen) atoms. The molecule has 12 nitrogen and oxygen atoms in total. The molecule has 16 aromatic carbocycles. The third-order valence-corrected chi connectivity index (χ3v) is 20.7. The normalized spacial score (nSPS) is 13.8. The smallest absolute Gasteiger partial charge is 0.265 e. The largest absolute Gasteiger partial charge is 0.268 e. The van der Waals surface area contributed by atoms with Crippen LogP contribution in [0.1, 0.15) is 82.9 Å². The molecule has 4 aliphatic rings. The molecule has 4 heterocycles. The van der Waals surface area contributed by atoms with E-state index in [1.807, 2.05) is 218 Å². The fourth-order valence-electron chi connectivity index (χ4n) is 16.0. The molecule has 8 amide bonds. The summed E-state index contributed by atoms with van der Waals surface area (Å²) in [6.07, 6.45) is 0. The summed E-state index contributed by atoms with van der Waals surface area (Å²) < 4.78 is 0. The van der Waals surface area contributed by atoms with Crippen LogP contribution in [0.25, 0.3) is 109 Å². The summed E-state index contributed by atoms with van der Waals surface area (Å²) in [7, 11) is 0. The van der Waals surface area contributed by atoms with E-state index in [4.69, 9.17) is 0 Å². The van der Waals surface area contributed by atoms with E-state index in [1.54, 1.807) is 72.8 Å². The van der Waals surface area contributed by atoms with Gasteiger partial charge in [-0.25, -0.2) is 19.6 Å². The minimum Gasteiger partial charge on any atom is -0.268 e. The third kappa shape index (κ3) is 9.18. The lowest BCUT2D eigenvalue weighted by Crippen LogP contribution is -2.41. The van der Waals surface area contributed by atoms with Crippen molar-refractivity contribution in [2.24, 2.45) is 0 Å². The number of imide groups is 4. The van der Waals surface area contributed by atoms with Crippen molar-refractivity contribution in [2.75, 3.05) is 19.6 Å². The Labute approximate surface area is 593 Å². The topological polar surface area (TPSA) is 150 Å². The highest BCUT2D eigenvalue weighted by Crippen LogP contribution is 2.47. The fourth-order valence-corrected chi connectivity index (χ4v) is 16.0. The molecule has 0 radical (unpaired) electrons. The van der Waals surface area contributed by atoms with Crippen LogP contribution < -0.4 is 19.6 Å². The zero-order valence-corrected chi connectivity index (χ0v) is 55.1. The van der Waals surface area contributed by atoms with Crippen molar-refractivity contribution in [3.8, 4) is 44.5 Å². The van der Waals surface area contributed by atoms with Gasteiger partial charge in [-0.15, -0.1) is 0 Å². The Bertz CT molecular complexity index is 5930. The molecule has 0 fully saturated rings. The number of carbonyl (C=O) groups excluding carboxylic acids is 8. The van der Waals surface area contributed by atoms with Crippen molar-refractivity contribution in [3.05, 3.63) is 360 Å². The van der Waals surface area contributed by atoms with Gasteiger partial charge in [-0.3, -0.25) is 38.4 Å². The number of carbonyl (C=O) groups is 8. The van der Waals surface area contributed by atoms with Crippen LogP contribution in [0.15, 0.2) is 315 Å². The summed E-state index contributed by atoms with van der Waals surface area (Å²) in [6.45, 7) is 0. The van der Waals surface area contributed by atoms with E-state index in [1.165, 1.54) is 9.80 Å². The molecule has 4 aliphatic heterocycles. The predicted molar refractivity (Wildman–Crippen MR) is 410 cm³/mol. The molecular weight excluding hydrogens is 1290 g/mol.